The number of ether oxygens (including phenoxy) is 4. The molecule has 0 aromatic carbocycles. The maximum absolute atomic E-state index is 6.01. The first-order valence-corrected chi connectivity index (χ1v) is 16.7. The fraction of sp³-hybridized carbons (Fsp3) is 1.00. The second-order valence-corrected chi connectivity index (χ2v) is 14.4. The fourth-order valence-electron chi connectivity index (χ4n) is 11.0. The van der Waals surface area contributed by atoms with Crippen molar-refractivity contribution in [1.82, 2.24) is 0 Å². The molecule has 5 aliphatic carbocycles. The molecule has 0 spiro atoms. The van der Waals surface area contributed by atoms with Crippen LogP contribution in [0.3, 0.4) is 0 Å². The highest BCUT2D eigenvalue weighted by Gasteiger charge is 2.56. The van der Waals surface area contributed by atoms with Gasteiger partial charge >= 0.3 is 0 Å². The van der Waals surface area contributed by atoms with Gasteiger partial charge in [-0.05, 0) is 137 Å². The Hall–Kier alpha value is -0.160. The van der Waals surface area contributed by atoms with Gasteiger partial charge in [-0.3, -0.25) is 0 Å². The van der Waals surface area contributed by atoms with Crippen molar-refractivity contribution in [1.29, 1.82) is 0 Å². The van der Waals surface area contributed by atoms with E-state index in [0.29, 0.717) is 35.2 Å². The third-order valence-corrected chi connectivity index (χ3v) is 13.2. The van der Waals surface area contributed by atoms with E-state index < -0.39 is 0 Å². The molecule has 38 heavy (non-hydrogen) atoms. The number of hydrogen-bond acceptors (Lipinski definition) is 4. The summed E-state index contributed by atoms with van der Waals surface area (Å²) in [5.74, 6) is 3.32. The van der Waals surface area contributed by atoms with Crippen LogP contribution in [0.25, 0.3) is 0 Å². The highest BCUT2D eigenvalue weighted by atomic mass is 16.5. The zero-order valence-corrected chi connectivity index (χ0v) is 25.4. The van der Waals surface area contributed by atoms with E-state index in [0.717, 1.165) is 23.7 Å². The lowest BCUT2D eigenvalue weighted by atomic mass is 9.45. The summed E-state index contributed by atoms with van der Waals surface area (Å²) in [6, 6.07) is 0. The zero-order chi connectivity index (χ0) is 26.6. The Kier molecular flexibility index (Phi) is 10.2. The van der Waals surface area contributed by atoms with Gasteiger partial charge in [0.15, 0.2) is 0 Å². The third kappa shape index (κ3) is 5.90. The molecular formula is C34H60O4. The quantitative estimate of drug-likeness (QED) is 0.315. The maximum Gasteiger partial charge on any atom is 0.0574 e. The Labute approximate surface area is 234 Å². The molecule has 0 radical (unpaired) electrons. The van der Waals surface area contributed by atoms with Gasteiger partial charge < -0.3 is 18.9 Å². The largest absolute Gasteiger partial charge is 0.381 e. The van der Waals surface area contributed by atoms with Crippen LogP contribution >= 0.6 is 0 Å². The molecule has 5 fully saturated rings. The standard InChI is InChI=1S/C34H60O4/c1-35-29-13-5-9-25(21-29)33(26-10-6-14-30(22-26)36-2)17-19-34(20-18-33,27-11-7-15-31(23-27)37-3)28-12-8-16-32(24-28)38-4/h25-32H,5-24H2,1-4H3. The molecule has 0 saturated heterocycles. The topological polar surface area (TPSA) is 36.9 Å². The lowest BCUT2D eigenvalue weighted by Crippen LogP contribution is -2.52. The van der Waals surface area contributed by atoms with E-state index in [1.807, 2.05) is 28.4 Å². The predicted octanol–water partition coefficient (Wildman–Crippen LogP) is 8.35. The molecule has 8 unspecified atom stereocenters. The molecule has 0 aliphatic heterocycles. The van der Waals surface area contributed by atoms with Gasteiger partial charge in [-0.2, -0.15) is 0 Å². The van der Waals surface area contributed by atoms with Gasteiger partial charge in [0.05, 0.1) is 24.4 Å². The Morgan fingerprint density at radius 3 is 0.816 bits per heavy atom. The second kappa shape index (κ2) is 13.2. The van der Waals surface area contributed by atoms with Crippen LogP contribution in [0.1, 0.15) is 128 Å². The van der Waals surface area contributed by atoms with E-state index in [4.69, 9.17) is 18.9 Å². The molecule has 0 amide bonds. The third-order valence-electron chi connectivity index (χ3n) is 13.2. The van der Waals surface area contributed by atoms with Crippen molar-refractivity contribution in [2.24, 2.45) is 34.5 Å². The highest BCUT2D eigenvalue weighted by Crippen LogP contribution is 2.65. The summed E-state index contributed by atoms with van der Waals surface area (Å²) in [5.41, 5.74) is 0.977. The second-order valence-electron chi connectivity index (χ2n) is 14.4. The van der Waals surface area contributed by atoms with Gasteiger partial charge in [0, 0.05) is 28.4 Å². The van der Waals surface area contributed by atoms with Crippen LogP contribution in [0.2, 0.25) is 0 Å². The number of methoxy groups -OCH3 is 4. The van der Waals surface area contributed by atoms with E-state index in [-0.39, 0.29) is 0 Å². The van der Waals surface area contributed by atoms with E-state index in [2.05, 4.69) is 0 Å². The van der Waals surface area contributed by atoms with Crippen LogP contribution in [0.5, 0.6) is 0 Å². The molecule has 5 rings (SSSR count). The van der Waals surface area contributed by atoms with E-state index in [9.17, 15) is 0 Å². The van der Waals surface area contributed by atoms with Gasteiger partial charge in [-0.25, -0.2) is 0 Å². The van der Waals surface area contributed by atoms with Crippen LogP contribution < -0.4 is 0 Å². The first kappa shape index (κ1) is 29.3. The van der Waals surface area contributed by atoms with Gasteiger partial charge in [-0.1, -0.05) is 25.7 Å². The molecule has 0 heterocycles. The molecule has 220 valence electrons. The Morgan fingerprint density at radius 2 is 0.605 bits per heavy atom. The highest BCUT2D eigenvalue weighted by molar-refractivity contribution is 5.06. The smallest absolute Gasteiger partial charge is 0.0574 e. The summed E-state index contributed by atoms with van der Waals surface area (Å²) in [6.07, 6.45) is 29.0. The first-order valence-electron chi connectivity index (χ1n) is 16.7. The Bertz CT molecular complexity index is 603. The van der Waals surface area contributed by atoms with Crippen LogP contribution in [-0.2, 0) is 18.9 Å². The van der Waals surface area contributed by atoms with Gasteiger partial charge in [-0.15, -0.1) is 0 Å². The number of rotatable bonds is 8. The van der Waals surface area contributed by atoms with Crippen molar-refractivity contribution in [3.8, 4) is 0 Å². The summed E-state index contributed by atoms with van der Waals surface area (Å²) in [7, 11) is 7.82. The zero-order valence-electron chi connectivity index (χ0n) is 25.4. The summed E-state index contributed by atoms with van der Waals surface area (Å²) >= 11 is 0. The lowest BCUT2D eigenvalue weighted by Gasteiger charge is -2.61. The Morgan fingerprint density at radius 1 is 0.368 bits per heavy atom. The molecule has 0 aromatic heterocycles. The van der Waals surface area contributed by atoms with E-state index in [1.54, 1.807) is 0 Å². The molecule has 0 aromatic rings. The first-order chi connectivity index (χ1) is 18.6. The van der Waals surface area contributed by atoms with Crippen molar-refractivity contribution in [2.75, 3.05) is 28.4 Å². The maximum atomic E-state index is 6.01. The van der Waals surface area contributed by atoms with Crippen molar-refractivity contribution in [3.63, 3.8) is 0 Å². The van der Waals surface area contributed by atoms with Gasteiger partial charge in [0.2, 0.25) is 0 Å². The summed E-state index contributed by atoms with van der Waals surface area (Å²) < 4.78 is 24.1. The summed E-state index contributed by atoms with van der Waals surface area (Å²) in [6.45, 7) is 0. The monoisotopic (exact) mass is 532 g/mol. The molecule has 5 saturated carbocycles. The molecule has 5 aliphatic rings. The van der Waals surface area contributed by atoms with Crippen LogP contribution in [0.15, 0.2) is 0 Å². The van der Waals surface area contributed by atoms with Gasteiger partial charge in [0.25, 0.3) is 0 Å². The lowest BCUT2D eigenvalue weighted by molar-refractivity contribution is -0.130. The van der Waals surface area contributed by atoms with E-state index in [1.165, 1.54) is 128 Å². The van der Waals surface area contributed by atoms with E-state index >= 15 is 0 Å². The van der Waals surface area contributed by atoms with Crippen LogP contribution in [0, 0.1) is 34.5 Å². The minimum absolute atomic E-state index is 0.473. The average molecular weight is 533 g/mol. The minimum Gasteiger partial charge on any atom is -0.381 e. The minimum atomic E-state index is 0.473. The van der Waals surface area contributed by atoms with Crippen LogP contribution in [0.4, 0.5) is 0 Å². The summed E-state index contributed by atoms with van der Waals surface area (Å²) in [5, 5.41) is 0. The normalized spacial score (nSPS) is 47.1. The molecule has 4 nitrogen and oxygen atoms in total. The van der Waals surface area contributed by atoms with Crippen molar-refractivity contribution < 1.29 is 18.9 Å². The van der Waals surface area contributed by atoms with Crippen molar-refractivity contribution in [2.45, 2.75) is 153 Å². The SMILES string of the molecule is COC1CCCC(C2(C3CCCC(OC)C3)CCC(C3CCCC(OC)C3)(C3CCCC(OC)C3)CC2)C1. The number of hydrogen-bond donors (Lipinski definition) is 0. The Balaban J connectivity index is 1.44. The molecule has 4 heteroatoms. The average Bonchev–Trinajstić information content (AvgIpc) is 3.01. The van der Waals surface area contributed by atoms with Crippen LogP contribution in [-0.4, -0.2) is 52.9 Å². The van der Waals surface area contributed by atoms with Crippen molar-refractivity contribution in [3.05, 3.63) is 0 Å². The summed E-state index contributed by atoms with van der Waals surface area (Å²) in [4.78, 5) is 0. The molecule has 8 atom stereocenters. The van der Waals surface area contributed by atoms with Gasteiger partial charge in [0.1, 0.15) is 0 Å². The van der Waals surface area contributed by atoms with Crippen molar-refractivity contribution >= 4 is 0 Å². The fourth-order valence-corrected chi connectivity index (χ4v) is 11.0. The molecule has 0 bridgehead atoms. The molecular weight excluding hydrogens is 472 g/mol. The molecule has 0 N–H and O–H groups in total. The predicted molar refractivity (Wildman–Crippen MR) is 154 cm³/mol.